The van der Waals surface area contributed by atoms with Crippen LogP contribution in [0.4, 0.5) is 0 Å². The van der Waals surface area contributed by atoms with Crippen LogP contribution >= 0.6 is 0 Å². The first-order chi connectivity index (χ1) is 7.27. The molecule has 0 saturated carbocycles. The number of rotatable bonds is 1. The highest BCUT2D eigenvalue weighted by Crippen LogP contribution is 1.72. The molecule has 0 saturated heterocycles. The normalized spacial score (nSPS) is 11.1. The third-order valence-electron chi connectivity index (χ3n) is 1.44. The van der Waals surface area contributed by atoms with E-state index in [4.69, 9.17) is 0 Å². The smallest absolute Gasteiger partial charge is 0.104 e. The van der Waals surface area contributed by atoms with Crippen LogP contribution < -0.4 is 10.7 Å². The highest BCUT2D eigenvalue weighted by Gasteiger charge is 1.88. The molecule has 0 amide bonds. The van der Waals surface area contributed by atoms with E-state index in [1.807, 2.05) is 53.7 Å². The molecule has 1 rings (SSSR count). The van der Waals surface area contributed by atoms with E-state index in [9.17, 15) is 0 Å². The maximum Gasteiger partial charge on any atom is 0.104 e. The van der Waals surface area contributed by atoms with Crippen LogP contribution in [-0.4, -0.2) is 9.97 Å². The number of aromatic amines is 1. The topological polar surface area (TPSA) is 28.7 Å². The van der Waals surface area contributed by atoms with Gasteiger partial charge in [0, 0.05) is 0 Å². The lowest BCUT2D eigenvalue weighted by molar-refractivity contribution is 1.13. The molecule has 0 aliphatic rings. The van der Waals surface area contributed by atoms with Crippen LogP contribution in [0.2, 0.25) is 0 Å². The van der Waals surface area contributed by atoms with Gasteiger partial charge in [-0.05, 0) is 19.9 Å². The Kier molecular flexibility index (Phi) is 11.6. The molecule has 0 fully saturated rings. The quantitative estimate of drug-likeness (QED) is 0.755. The van der Waals surface area contributed by atoms with Gasteiger partial charge in [-0.2, -0.15) is 0 Å². The summed E-state index contributed by atoms with van der Waals surface area (Å²) in [6.45, 7) is 15.5. The van der Waals surface area contributed by atoms with E-state index in [2.05, 4.69) is 16.5 Å². The van der Waals surface area contributed by atoms with Gasteiger partial charge >= 0.3 is 0 Å². The fourth-order valence-corrected chi connectivity index (χ4v) is 0.993. The standard InChI is InChI=1S/C9H12N2.2C2H6/c1-4-6-9-8(5-2)10-7(3)11-9;2*1-2/h4-6H,1H2,2-3H3,(H,10,11);2*1-2H3/b8-5+,9-6+;;. The fourth-order valence-electron chi connectivity index (χ4n) is 0.993. The van der Waals surface area contributed by atoms with Crippen molar-refractivity contribution in [3.05, 3.63) is 29.2 Å². The van der Waals surface area contributed by atoms with Crippen LogP contribution in [0.5, 0.6) is 0 Å². The van der Waals surface area contributed by atoms with E-state index in [1.54, 1.807) is 6.08 Å². The van der Waals surface area contributed by atoms with Crippen LogP contribution in [0.1, 0.15) is 40.4 Å². The molecule has 2 nitrogen and oxygen atoms in total. The Morgan fingerprint density at radius 2 is 1.73 bits per heavy atom. The van der Waals surface area contributed by atoms with Gasteiger partial charge in [-0.1, -0.05) is 46.4 Å². The van der Waals surface area contributed by atoms with Gasteiger partial charge in [0.1, 0.15) is 5.82 Å². The molecule has 1 aromatic rings. The first-order valence-electron chi connectivity index (χ1n) is 5.59. The van der Waals surface area contributed by atoms with Crippen LogP contribution in [-0.2, 0) is 0 Å². The zero-order valence-electron chi connectivity index (χ0n) is 10.9. The number of hydrogen-bond donors (Lipinski definition) is 1. The molecule has 0 aliphatic carbocycles. The Balaban J connectivity index is 0. The average Bonchev–Trinajstić information content (AvgIpc) is 2.65. The van der Waals surface area contributed by atoms with Gasteiger partial charge in [0.05, 0.1) is 10.7 Å². The Morgan fingerprint density at radius 3 is 2.13 bits per heavy atom. The minimum Gasteiger partial charge on any atom is -0.342 e. The number of aryl methyl sites for hydroxylation is 1. The predicted molar refractivity (Wildman–Crippen MR) is 70.1 cm³/mol. The van der Waals surface area contributed by atoms with Crippen LogP contribution in [0.15, 0.2) is 12.7 Å². The highest BCUT2D eigenvalue weighted by molar-refractivity contribution is 5.34. The summed E-state index contributed by atoms with van der Waals surface area (Å²) in [5.41, 5.74) is 0. The summed E-state index contributed by atoms with van der Waals surface area (Å²) in [5, 5.41) is 2.02. The molecule has 0 unspecified atom stereocenters. The maximum atomic E-state index is 4.26. The fraction of sp³-hybridized carbons (Fsp3) is 0.462. The SMILES string of the molecule is C=C/C=c1/[nH]c(C)n/c1=C/C.CC.CC. The lowest BCUT2D eigenvalue weighted by atomic mass is 10.4. The molecule has 0 spiro atoms. The molecule has 1 N–H and O–H groups in total. The number of H-pyrrole nitrogens is 1. The molecule has 2 heteroatoms. The minimum atomic E-state index is 0.936. The molecular formula is C13H24N2. The summed E-state index contributed by atoms with van der Waals surface area (Å²) < 4.78 is 0. The number of imidazole rings is 1. The van der Waals surface area contributed by atoms with Crippen molar-refractivity contribution in [2.24, 2.45) is 0 Å². The molecule has 0 atom stereocenters. The summed E-state index contributed by atoms with van der Waals surface area (Å²) in [6.07, 6.45) is 5.63. The molecule has 1 heterocycles. The summed E-state index contributed by atoms with van der Waals surface area (Å²) in [7, 11) is 0. The largest absolute Gasteiger partial charge is 0.342 e. The van der Waals surface area contributed by atoms with E-state index in [0.29, 0.717) is 0 Å². The third-order valence-corrected chi connectivity index (χ3v) is 1.44. The van der Waals surface area contributed by atoms with Gasteiger partial charge in [-0.25, -0.2) is 4.98 Å². The monoisotopic (exact) mass is 208 g/mol. The van der Waals surface area contributed by atoms with Crippen LogP contribution in [0.3, 0.4) is 0 Å². The maximum absolute atomic E-state index is 4.26. The molecule has 0 bridgehead atoms. The second kappa shape index (κ2) is 10.8. The molecule has 1 aromatic heterocycles. The highest BCUT2D eigenvalue weighted by atomic mass is 14.9. The summed E-state index contributed by atoms with van der Waals surface area (Å²) in [5.74, 6) is 0.936. The zero-order chi connectivity index (χ0) is 12.3. The van der Waals surface area contributed by atoms with Crippen molar-refractivity contribution in [2.75, 3.05) is 0 Å². The summed E-state index contributed by atoms with van der Waals surface area (Å²) in [4.78, 5) is 7.38. The van der Waals surface area contributed by atoms with E-state index in [1.165, 1.54) is 0 Å². The van der Waals surface area contributed by atoms with Gasteiger partial charge < -0.3 is 4.98 Å². The molecule has 0 aromatic carbocycles. The summed E-state index contributed by atoms with van der Waals surface area (Å²) in [6, 6.07) is 0. The average molecular weight is 208 g/mol. The van der Waals surface area contributed by atoms with Crippen molar-refractivity contribution >= 4 is 12.2 Å². The van der Waals surface area contributed by atoms with Crippen molar-refractivity contribution in [3.63, 3.8) is 0 Å². The van der Waals surface area contributed by atoms with Crippen LogP contribution in [0.25, 0.3) is 12.2 Å². The molecule has 15 heavy (non-hydrogen) atoms. The third kappa shape index (κ3) is 5.89. The Labute approximate surface area is 93.5 Å². The van der Waals surface area contributed by atoms with Gasteiger partial charge in [0.2, 0.25) is 0 Å². The van der Waals surface area contributed by atoms with Gasteiger partial charge in [-0.15, -0.1) is 0 Å². The van der Waals surface area contributed by atoms with E-state index in [0.717, 1.165) is 16.5 Å². The minimum absolute atomic E-state index is 0.936. The van der Waals surface area contributed by atoms with Crippen molar-refractivity contribution in [1.82, 2.24) is 9.97 Å². The van der Waals surface area contributed by atoms with Crippen molar-refractivity contribution in [2.45, 2.75) is 41.5 Å². The summed E-state index contributed by atoms with van der Waals surface area (Å²) >= 11 is 0. The number of nitrogens with one attached hydrogen (secondary N) is 1. The number of allylic oxidation sites excluding steroid dienone is 1. The van der Waals surface area contributed by atoms with Crippen LogP contribution in [0, 0.1) is 6.92 Å². The Morgan fingerprint density at radius 1 is 1.20 bits per heavy atom. The molecular weight excluding hydrogens is 184 g/mol. The lowest BCUT2D eigenvalue weighted by Crippen LogP contribution is -2.23. The van der Waals surface area contributed by atoms with E-state index < -0.39 is 0 Å². The molecule has 0 radical (unpaired) electrons. The number of hydrogen-bond acceptors (Lipinski definition) is 1. The second-order valence-corrected chi connectivity index (χ2v) is 2.31. The Hall–Kier alpha value is -1.31. The van der Waals surface area contributed by atoms with Gasteiger partial charge in [-0.3, -0.25) is 0 Å². The Bertz CT molecular complexity index is 358. The second-order valence-electron chi connectivity index (χ2n) is 2.31. The van der Waals surface area contributed by atoms with Crippen molar-refractivity contribution < 1.29 is 0 Å². The molecule has 86 valence electrons. The predicted octanol–water partition coefficient (Wildman–Crippen LogP) is 2.54. The molecule has 0 aliphatic heterocycles. The van der Waals surface area contributed by atoms with E-state index in [-0.39, 0.29) is 0 Å². The number of nitrogens with zero attached hydrogens (tertiary/aromatic N) is 1. The van der Waals surface area contributed by atoms with Crippen molar-refractivity contribution in [3.8, 4) is 0 Å². The van der Waals surface area contributed by atoms with Crippen molar-refractivity contribution in [1.29, 1.82) is 0 Å². The zero-order valence-corrected chi connectivity index (χ0v) is 10.9. The first kappa shape index (κ1) is 16.1. The number of aromatic nitrogens is 2. The van der Waals surface area contributed by atoms with E-state index >= 15 is 0 Å². The van der Waals surface area contributed by atoms with Gasteiger partial charge in [0.25, 0.3) is 0 Å². The lowest BCUT2D eigenvalue weighted by Gasteiger charge is -1.73. The first-order valence-corrected chi connectivity index (χ1v) is 5.59. The van der Waals surface area contributed by atoms with Gasteiger partial charge in [0.15, 0.2) is 0 Å².